The molecule has 1 aliphatic rings. The summed E-state index contributed by atoms with van der Waals surface area (Å²) in [6.45, 7) is 13.9. The van der Waals surface area contributed by atoms with Gasteiger partial charge in [0.25, 0.3) is 0 Å². The van der Waals surface area contributed by atoms with E-state index in [-0.39, 0.29) is 10.8 Å². The number of allylic oxidation sites excluding steroid dienone is 4. The zero-order chi connectivity index (χ0) is 16.7. The molecule has 1 nitrogen and oxygen atoms in total. The van der Waals surface area contributed by atoms with Crippen LogP contribution < -0.4 is 4.74 Å². The average molecular weight is 375 g/mol. The molecule has 0 aliphatic heterocycles. The third-order valence-corrected chi connectivity index (χ3v) is 5.68. The van der Waals surface area contributed by atoms with Crippen molar-refractivity contribution < 1.29 is 29.5 Å². The Balaban J connectivity index is 2.69. The molecule has 1 aromatic carbocycles. The minimum atomic E-state index is 0.137. The summed E-state index contributed by atoms with van der Waals surface area (Å²) >= 11 is 1.50. The zero-order valence-electron chi connectivity index (χ0n) is 14.9. The second kappa shape index (κ2) is 6.12. The molecule has 22 heavy (non-hydrogen) atoms. The first-order valence-electron chi connectivity index (χ1n) is 7.89. The molecule has 0 saturated heterocycles. The average Bonchev–Trinajstić information content (AvgIpc) is 2.76. The molecule has 0 bridgehead atoms. The summed E-state index contributed by atoms with van der Waals surface area (Å²) in [5.74, 6) is 1.49. The van der Waals surface area contributed by atoms with Crippen molar-refractivity contribution in [2.45, 2.75) is 41.5 Å². The summed E-state index contributed by atoms with van der Waals surface area (Å²) in [6, 6.07) is 8.42. The maximum absolute atomic E-state index is 5.64. The van der Waals surface area contributed by atoms with Gasteiger partial charge in [-0.05, 0) is 0 Å². The molecular formula is C20H27OZr. The SMILES string of the molecule is COc1ccccc1C1=[C]([Zr])C(C(C)(C)C)C=C1C(C)(C)C. The van der Waals surface area contributed by atoms with Crippen molar-refractivity contribution in [2.75, 3.05) is 7.11 Å². The van der Waals surface area contributed by atoms with Crippen LogP contribution in [-0.4, -0.2) is 7.11 Å². The Morgan fingerprint density at radius 2 is 1.59 bits per heavy atom. The van der Waals surface area contributed by atoms with Crippen LogP contribution in [0, 0.1) is 16.7 Å². The first kappa shape index (κ1) is 17.7. The number of para-hydroxylation sites is 1. The van der Waals surface area contributed by atoms with Crippen LogP contribution in [-0.2, 0) is 24.7 Å². The summed E-state index contributed by atoms with van der Waals surface area (Å²) < 4.78 is 7.19. The molecule has 1 atom stereocenters. The second-order valence-electron chi connectivity index (χ2n) is 8.16. The van der Waals surface area contributed by atoms with Gasteiger partial charge in [-0.25, -0.2) is 0 Å². The summed E-state index contributed by atoms with van der Waals surface area (Å²) in [6.07, 6.45) is 2.51. The van der Waals surface area contributed by atoms with Gasteiger partial charge >= 0.3 is 151 Å². The number of benzene rings is 1. The summed E-state index contributed by atoms with van der Waals surface area (Å²) in [4.78, 5) is 0. The Hall–Kier alpha value is -0.617. The fourth-order valence-electron chi connectivity index (χ4n) is 3.08. The molecule has 0 amide bonds. The molecule has 1 aliphatic carbocycles. The Kier molecular flexibility index (Phi) is 4.93. The number of methoxy groups -OCH3 is 1. The van der Waals surface area contributed by atoms with Crippen molar-refractivity contribution in [1.82, 2.24) is 0 Å². The summed E-state index contributed by atoms with van der Waals surface area (Å²) in [5.41, 5.74) is 4.51. The van der Waals surface area contributed by atoms with Gasteiger partial charge in [0.15, 0.2) is 0 Å². The number of ether oxygens (including phenoxy) is 1. The minimum absolute atomic E-state index is 0.137. The van der Waals surface area contributed by atoms with Crippen LogP contribution in [0.5, 0.6) is 5.75 Å². The molecule has 117 valence electrons. The van der Waals surface area contributed by atoms with Crippen molar-refractivity contribution >= 4 is 5.57 Å². The Labute approximate surface area is 150 Å². The Morgan fingerprint density at radius 3 is 2.09 bits per heavy atom. The van der Waals surface area contributed by atoms with Crippen LogP contribution in [0.15, 0.2) is 39.2 Å². The van der Waals surface area contributed by atoms with E-state index in [1.54, 1.807) is 10.4 Å². The van der Waals surface area contributed by atoms with Gasteiger partial charge in [0.1, 0.15) is 0 Å². The standard InChI is InChI=1S/C20H27O.Zr/c1-19(2,3)14-12-16(17(13-14)20(4,5)6)15-10-8-9-11-18(15)21-7;/h8-11,13-14H,1-7H3;. The molecule has 2 heteroatoms. The fourth-order valence-corrected chi connectivity index (χ4v) is 5.01. The predicted octanol–water partition coefficient (Wildman–Crippen LogP) is 5.60. The van der Waals surface area contributed by atoms with E-state index in [2.05, 4.69) is 65.8 Å². The molecule has 0 radical (unpaired) electrons. The van der Waals surface area contributed by atoms with Crippen LogP contribution in [0.2, 0.25) is 0 Å². The van der Waals surface area contributed by atoms with E-state index in [0.29, 0.717) is 5.92 Å². The van der Waals surface area contributed by atoms with Gasteiger partial charge in [-0.15, -0.1) is 0 Å². The molecule has 0 aromatic heterocycles. The van der Waals surface area contributed by atoms with E-state index >= 15 is 0 Å². The van der Waals surface area contributed by atoms with Gasteiger partial charge in [0.05, 0.1) is 0 Å². The van der Waals surface area contributed by atoms with Gasteiger partial charge in [0, 0.05) is 0 Å². The third-order valence-electron chi connectivity index (χ3n) is 4.30. The van der Waals surface area contributed by atoms with E-state index in [1.165, 1.54) is 41.4 Å². The topological polar surface area (TPSA) is 9.23 Å². The van der Waals surface area contributed by atoms with Crippen LogP contribution in [0.3, 0.4) is 0 Å². The summed E-state index contributed by atoms with van der Waals surface area (Å²) in [7, 11) is 1.76. The van der Waals surface area contributed by atoms with Crippen LogP contribution in [0.4, 0.5) is 0 Å². The second-order valence-corrected chi connectivity index (χ2v) is 9.49. The Bertz CT molecular complexity index is 624. The quantitative estimate of drug-likeness (QED) is 0.654. The fraction of sp³-hybridized carbons (Fsp3) is 0.500. The molecule has 0 saturated carbocycles. The molecule has 2 rings (SSSR count). The van der Waals surface area contributed by atoms with E-state index in [0.717, 1.165) is 5.75 Å². The normalized spacial score (nSPS) is 19.4. The molecule has 0 fully saturated rings. The molecular weight excluding hydrogens is 347 g/mol. The van der Waals surface area contributed by atoms with Gasteiger partial charge in [-0.3, -0.25) is 0 Å². The van der Waals surface area contributed by atoms with Crippen molar-refractivity contribution in [3.8, 4) is 5.75 Å². The van der Waals surface area contributed by atoms with Crippen molar-refractivity contribution in [3.63, 3.8) is 0 Å². The van der Waals surface area contributed by atoms with Crippen molar-refractivity contribution in [1.29, 1.82) is 0 Å². The van der Waals surface area contributed by atoms with E-state index in [9.17, 15) is 0 Å². The molecule has 0 N–H and O–H groups in total. The van der Waals surface area contributed by atoms with Gasteiger partial charge in [0.2, 0.25) is 0 Å². The van der Waals surface area contributed by atoms with E-state index < -0.39 is 0 Å². The number of rotatable bonds is 2. The van der Waals surface area contributed by atoms with E-state index in [4.69, 9.17) is 4.74 Å². The first-order chi connectivity index (χ1) is 10.1. The maximum atomic E-state index is 5.64. The van der Waals surface area contributed by atoms with Crippen molar-refractivity contribution in [2.24, 2.45) is 16.7 Å². The molecule has 1 unspecified atom stereocenters. The first-order valence-corrected chi connectivity index (χ1v) is 9.12. The summed E-state index contributed by atoms with van der Waals surface area (Å²) in [5, 5.41) is 0. The monoisotopic (exact) mass is 373 g/mol. The predicted molar refractivity (Wildman–Crippen MR) is 90.4 cm³/mol. The van der Waals surface area contributed by atoms with Gasteiger partial charge < -0.3 is 0 Å². The van der Waals surface area contributed by atoms with Gasteiger partial charge in [-0.2, -0.15) is 0 Å². The van der Waals surface area contributed by atoms with E-state index in [1.807, 2.05) is 6.07 Å². The van der Waals surface area contributed by atoms with Crippen LogP contribution >= 0.6 is 0 Å². The van der Waals surface area contributed by atoms with Gasteiger partial charge in [-0.1, -0.05) is 0 Å². The zero-order valence-corrected chi connectivity index (χ0v) is 17.3. The van der Waals surface area contributed by atoms with Crippen molar-refractivity contribution in [3.05, 3.63) is 44.8 Å². The molecule has 1 aromatic rings. The Morgan fingerprint density at radius 1 is 1.00 bits per heavy atom. The molecule has 0 spiro atoms. The van der Waals surface area contributed by atoms with Crippen LogP contribution in [0.25, 0.3) is 5.57 Å². The molecule has 0 heterocycles. The number of hydrogen-bond acceptors (Lipinski definition) is 1. The number of hydrogen-bond donors (Lipinski definition) is 0. The van der Waals surface area contributed by atoms with Crippen LogP contribution in [0.1, 0.15) is 47.1 Å². The third kappa shape index (κ3) is 3.33.